The third-order valence-electron chi connectivity index (χ3n) is 15.8. The molecule has 2 fully saturated rings. The van der Waals surface area contributed by atoms with E-state index in [0.717, 1.165) is 70.3 Å². The van der Waals surface area contributed by atoms with Gasteiger partial charge in [-0.25, -0.2) is 14.8 Å². The fourth-order valence-corrected chi connectivity index (χ4v) is 26.0. The molecule has 6 heterocycles. The molecule has 4 aromatic heterocycles. The number of fused-ring (bicyclic) bond motifs is 2. The Kier molecular flexibility index (Phi) is 17.8. The Morgan fingerprint density at radius 2 is 1.06 bits per heavy atom. The predicted octanol–water partition coefficient (Wildman–Crippen LogP) is 13.9. The molecule has 2 aliphatic heterocycles. The first-order valence-corrected chi connectivity index (χ1v) is 29.3. The molecule has 4 atom stereocenters. The van der Waals surface area contributed by atoms with Crippen molar-refractivity contribution in [3.63, 3.8) is 0 Å². The number of nitrogens with one attached hydrogen (secondary N) is 1. The number of rotatable bonds is 12. The van der Waals surface area contributed by atoms with Gasteiger partial charge in [-0.1, -0.05) is 104 Å². The van der Waals surface area contributed by atoms with Crippen molar-refractivity contribution >= 4 is 56.2 Å². The van der Waals surface area contributed by atoms with Crippen LogP contribution in [0.3, 0.4) is 0 Å². The maximum absolute atomic E-state index is 14.2. The molecule has 368 valence electrons. The number of Topliss-reactive ketones (excluding diaryl/α,β-unsaturated/α-hetero) is 2. The van der Waals surface area contributed by atoms with Crippen LogP contribution in [0.15, 0.2) is 36.9 Å². The molecule has 0 aromatic carbocycles. The van der Waals surface area contributed by atoms with Crippen LogP contribution in [0.2, 0.25) is 33.2 Å². The summed E-state index contributed by atoms with van der Waals surface area (Å²) in [5.74, 6) is 0.808. The molecule has 4 aromatic rings. The van der Waals surface area contributed by atoms with Gasteiger partial charge in [-0.05, 0) is 135 Å². The summed E-state index contributed by atoms with van der Waals surface area (Å²) in [6, 6.07) is 4.27. The molecule has 1 N–H and O–H groups in total. The van der Waals surface area contributed by atoms with Crippen LogP contribution in [-0.2, 0) is 4.74 Å². The van der Waals surface area contributed by atoms with Gasteiger partial charge in [0.1, 0.15) is 16.9 Å². The molecule has 0 aliphatic carbocycles. The number of aromatic nitrogens is 4. The van der Waals surface area contributed by atoms with E-state index >= 15 is 0 Å². The highest BCUT2D eigenvalue weighted by Crippen LogP contribution is 2.46. The van der Waals surface area contributed by atoms with Gasteiger partial charge < -0.3 is 23.4 Å². The smallest absolute Gasteiger partial charge is 0.410 e. The second-order valence-electron chi connectivity index (χ2n) is 22.8. The van der Waals surface area contributed by atoms with Crippen molar-refractivity contribution < 1.29 is 19.1 Å². The zero-order valence-corrected chi connectivity index (χ0v) is 45.8. The number of aryl methyl sites for hydroxylation is 2. The van der Waals surface area contributed by atoms with Crippen LogP contribution in [0.1, 0.15) is 170 Å². The van der Waals surface area contributed by atoms with Crippen LogP contribution in [0.4, 0.5) is 4.79 Å². The minimum atomic E-state index is -2.02. The van der Waals surface area contributed by atoms with Crippen LogP contribution in [0.25, 0.3) is 22.1 Å². The Balaban J connectivity index is 0.000000290. The third kappa shape index (κ3) is 10.1. The Bertz CT molecular complexity index is 2270. The number of ketones is 2. The van der Waals surface area contributed by atoms with Gasteiger partial charge in [0.2, 0.25) is 0 Å². The molecular weight excluding hydrogens is 853 g/mol. The number of hydrogen-bond acceptors (Lipinski definition) is 7. The number of amides is 1. The van der Waals surface area contributed by atoms with Crippen LogP contribution < -0.4 is 5.32 Å². The van der Waals surface area contributed by atoms with Gasteiger partial charge in [0.05, 0.1) is 0 Å². The van der Waals surface area contributed by atoms with E-state index in [4.69, 9.17) is 14.7 Å². The molecular formula is C54H90N6O4Si2. The van der Waals surface area contributed by atoms with E-state index in [1.54, 1.807) is 4.90 Å². The average molecular weight is 944 g/mol. The Morgan fingerprint density at radius 3 is 1.44 bits per heavy atom. The molecule has 6 rings (SSSR count). The number of hydrogen-bond donors (Lipinski definition) is 1. The van der Waals surface area contributed by atoms with Crippen molar-refractivity contribution in [3.05, 3.63) is 59.2 Å². The quantitative estimate of drug-likeness (QED) is 0.111. The van der Waals surface area contributed by atoms with Crippen molar-refractivity contribution in [2.24, 2.45) is 23.7 Å². The molecule has 12 heteroatoms. The molecule has 2 saturated heterocycles. The highest BCUT2D eigenvalue weighted by Gasteiger charge is 2.48. The fraction of sp³-hybridized carbons (Fsp3) is 0.685. The maximum Gasteiger partial charge on any atom is 0.410 e. The average Bonchev–Trinajstić information content (AvgIpc) is 3.82. The zero-order valence-electron chi connectivity index (χ0n) is 43.8. The number of pyridine rings is 2. The number of carbonyl (C=O) groups excluding carboxylic acids is 3. The predicted molar refractivity (Wildman–Crippen MR) is 282 cm³/mol. The molecule has 0 radical (unpaired) electrons. The molecule has 2 aliphatic rings. The van der Waals surface area contributed by atoms with Gasteiger partial charge in [-0.3, -0.25) is 9.59 Å². The van der Waals surface area contributed by atoms with Crippen molar-refractivity contribution in [3.8, 4) is 0 Å². The lowest BCUT2D eigenvalue weighted by Gasteiger charge is -2.44. The van der Waals surface area contributed by atoms with E-state index in [2.05, 4.69) is 135 Å². The molecule has 66 heavy (non-hydrogen) atoms. The highest BCUT2D eigenvalue weighted by molar-refractivity contribution is 6.83. The molecule has 0 spiro atoms. The van der Waals surface area contributed by atoms with Gasteiger partial charge in [0, 0.05) is 65.8 Å². The lowest BCUT2D eigenvalue weighted by Crippen LogP contribution is -2.51. The standard InChI is InChI=1S/C29H47N3O3Si.C24H39N3OSi.CH4/c1-18(2)36(19(3)4,20(5)6)32-15-13-23-25(22(8)16-30-27(23)32)26(33)24-17-31(14-12-21(24)7)28(34)35-29(9,10)11;1-15(2)29(16(3)4,17(5)6)27-12-10-20-22(19(8)13-26-24(20)27)23(28)21-14-25-11-9-18(21)7;/h13,15-16,18-21,24H,12,14,17H2,1-11H3;10,12-13,15-18,21,25H,9,11,14H2,1-8H3;1H4/t21-,24?;18-,21?;/m00./s1. The first-order chi connectivity index (χ1) is 30.3. The van der Waals surface area contributed by atoms with Crippen molar-refractivity contribution in [2.45, 2.75) is 191 Å². The SMILES string of the molecule is C.Cc1cnc2c(ccn2[Si](C(C)C)(C(C)C)C(C)C)c1C(=O)C1CN(C(=O)OC(C)(C)C)CC[C@@H]1C.Cc1cnc2c(ccn2[Si](C(C)C)(C(C)C)C(C)C)c1C(=O)C1CNCC[C@@H]1C. The van der Waals surface area contributed by atoms with E-state index < -0.39 is 22.1 Å². The summed E-state index contributed by atoms with van der Waals surface area (Å²) in [6.07, 6.45) is 9.73. The summed E-state index contributed by atoms with van der Waals surface area (Å²) >= 11 is 0. The maximum atomic E-state index is 14.2. The summed E-state index contributed by atoms with van der Waals surface area (Å²) in [4.78, 5) is 52.1. The Labute approximate surface area is 402 Å². The Morgan fingerprint density at radius 1 is 0.667 bits per heavy atom. The minimum Gasteiger partial charge on any atom is -0.444 e. The highest BCUT2D eigenvalue weighted by atomic mass is 28.3. The largest absolute Gasteiger partial charge is 0.444 e. The number of likely N-dealkylation sites (tertiary alicyclic amines) is 1. The second kappa shape index (κ2) is 21.4. The first kappa shape index (κ1) is 55.0. The molecule has 0 saturated carbocycles. The van der Waals surface area contributed by atoms with E-state index in [1.807, 2.05) is 47.0 Å². The summed E-state index contributed by atoms with van der Waals surface area (Å²) in [6.45, 7) is 45.0. The van der Waals surface area contributed by atoms with Gasteiger partial charge in [0.25, 0.3) is 0 Å². The number of carbonyl (C=O) groups is 3. The molecule has 1 amide bonds. The number of ether oxygens (including phenoxy) is 1. The van der Waals surface area contributed by atoms with Crippen LogP contribution in [0, 0.1) is 37.5 Å². The summed E-state index contributed by atoms with van der Waals surface area (Å²) in [5.41, 5.74) is 8.28. The summed E-state index contributed by atoms with van der Waals surface area (Å²) < 4.78 is 10.6. The van der Waals surface area contributed by atoms with Gasteiger partial charge >= 0.3 is 6.09 Å². The molecule has 2 unspecified atom stereocenters. The van der Waals surface area contributed by atoms with E-state index in [9.17, 15) is 14.4 Å². The van der Waals surface area contributed by atoms with Crippen LogP contribution in [-0.4, -0.2) is 89.2 Å². The van der Waals surface area contributed by atoms with Gasteiger partial charge in [-0.15, -0.1) is 0 Å². The van der Waals surface area contributed by atoms with E-state index in [1.165, 1.54) is 0 Å². The monoisotopic (exact) mass is 943 g/mol. The molecule has 10 nitrogen and oxygen atoms in total. The van der Waals surface area contributed by atoms with Crippen molar-refractivity contribution in [1.82, 2.24) is 28.6 Å². The normalized spacial score (nSPS) is 19.9. The topological polar surface area (TPSA) is 111 Å². The number of nitrogens with zero attached hydrogens (tertiary/aromatic N) is 5. The number of piperidine rings is 2. The Hall–Kier alpha value is -3.62. The van der Waals surface area contributed by atoms with E-state index in [-0.39, 0.29) is 37.1 Å². The lowest BCUT2D eigenvalue weighted by molar-refractivity contribution is 0.0124. The first-order valence-electron chi connectivity index (χ1n) is 25.0. The van der Waals surface area contributed by atoms with Gasteiger partial charge in [0.15, 0.2) is 28.0 Å². The van der Waals surface area contributed by atoms with Crippen LogP contribution >= 0.6 is 0 Å². The van der Waals surface area contributed by atoms with Crippen molar-refractivity contribution in [1.29, 1.82) is 0 Å². The third-order valence-corrected chi connectivity index (χ3v) is 29.3. The van der Waals surface area contributed by atoms with E-state index in [0.29, 0.717) is 58.0 Å². The fourth-order valence-electron chi connectivity index (χ4n) is 12.9. The minimum absolute atomic E-state index is 0. The summed E-state index contributed by atoms with van der Waals surface area (Å²) in [7, 11) is -3.93. The molecule has 0 bridgehead atoms. The summed E-state index contributed by atoms with van der Waals surface area (Å²) in [5, 5.41) is 5.42. The van der Waals surface area contributed by atoms with Gasteiger partial charge in [-0.2, -0.15) is 0 Å². The van der Waals surface area contributed by atoms with Crippen LogP contribution in [0.5, 0.6) is 0 Å². The second-order valence-corrected chi connectivity index (χ2v) is 34.2. The lowest BCUT2D eigenvalue weighted by atomic mass is 9.80. The zero-order chi connectivity index (χ0) is 48.7. The van der Waals surface area contributed by atoms with Crippen molar-refractivity contribution in [2.75, 3.05) is 26.2 Å².